The molecule has 0 N–H and O–H groups in total. The number of nitrogens with zero attached hydrogens (tertiary/aromatic N) is 1. The second-order valence-corrected chi connectivity index (χ2v) is 11.6. The minimum Gasteiger partial charge on any atom is -0.0622 e. The van der Waals surface area contributed by atoms with E-state index in [-0.39, 0.29) is 28.8 Å². The molecule has 0 saturated heterocycles. The molecular formula is C33H32CrNO3P. The Bertz CT molecular complexity index is 1170. The van der Waals surface area contributed by atoms with Crippen LogP contribution in [-0.4, -0.2) is 18.5 Å². The summed E-state index contributed by atoms with van der Waals surface area (Å²) in [5.74, 6) is 0.788. The van der Waals surface area contributed by atoms with Crippen LogP contribution in [-0.2, 0) is 31.4 Å². The van der Waals surface area contributed by atoms with Gasteiger partial charge < -0.3 is 4.74 Å². The van der Waals surface area contributed by atoms with E-state index in [1.807, 2.05) is 30.3 Å². The summed E-state index contributed by atoms with van der Waals surface area (Å²) in [4.78, 5) is 4.62. The van der Waals surface area contributed by atoms with Crippen LogP contribution in [0, 0.1) is 18.7 Å². The predicted octanol–water partition coefficient (Wildman–Crippen LogP) is 6.25. The monoisotopic (exact) mass is 573 g/mol. The first-order valence-electron chi connectivity index (χ1n) is 12.1. The summed E-state index contributed by atoms with van der Waals surface area (Å²) in [5.41, 5.74) is 1.25. The van der Waals surface area contributed by atoms with Crippen molar-refractivity contribution in [2.75, 3.05) is 6.61 Å². The Labute approximate surface area is 244 Å². The summed E-state index contributed by atoms with van der Waals surface area (Å²) in [7, 11) is -0.446. The molecule has 1 aliphatic heterocycles. The van der Waals surface area contributed by atoms with E-state index in [2.05, 4.69) is 130 Å². The van der Waals surface area contributed by atoms with E-state index >= 15 is 0 Å². The third-order valence-electron chi connectivity index (χ3n) is 5.71. The zero-order valence-electron chi connectivity index (χ0n) is 22.4. The van der Waals surface area contributed by atoms with Crippen molar-refractivity contribution in [3.63, 3.8) is 0 Å². The molecule has 0 fully saturated rings. The number of rotatable bonds is 4. The van der Waals surface area contributed by atoms with Crippen LogP contribution in [0.15, 0.2) is 126 Å². The van der Waals surface area contributed by atoms with Gasteiger partial charge in [-0.25, -0.2) is 4.99 Å². The van der Waals surface area contributed by atoms with Gasteiger partial charge in [-0.15, -0.1) is 0 Å². The molecule has 0 amide bonds. The number of benzene rings is 4. The van der Waals surface area contributed by atoms with Gasteiger partial charge in [0.05, 0.1) is 6.04 Å². The molecule has 0 aliphatic carbocycles. The minimum atomic E-state index is -0.446. The van der Waals surface area contributed by atoms with Crippen LogP contribution in [0.5, 0.6) is 0 Å². The zero-order chi connectivity index (χ0) is 27.8. The van der Waals surface area contributed by atoms with E-state index < -0.39 is 7.92 Å². The third-order valence-corrected chi connectivity index (χ3v) is 8.16. The summed E-state index contributed by atoms with van der Waals surface area (Å²) in [6, 6.07) is 42.7. The van der Waals surface area contributed by atoms with E-state index in [0.29, 0.717) is 6.61 Å². The largest absolute Gasteiger partial charge is 0.0622 e. The standard InChI is InChI=1S/C18H15P.C13H17NO.2CO.Cr/c1-4-10-16(11-5-1)19(17-12-6-2-7-13-17)18-14-8-3-9-15-18;1-13(2,3)11-9-15-12(14-11)10-7-5-4-6-8-10;2*1-2;/h1-15H;4-8,11H,9H2,1-3H3;;;/t;11-;;;/m.1.../s1. The second-order valence-electron chi connectivity index (χ2n) is 9.34. The normalized spacial score (nSPS) is 13.3. The van der Waals surface area contributed by atoms with Gasteiger partial charge in [0.1, 0.15) is 6.61 Å². The summed E-state index contributed by atoms with van der Waals surface area (Å²) in [6.45, 7) is 16.3. The Morgan fingerprint density at radius 3 is 1.28 bits per heavy atom. The molecule has 5 rings (SSSR count). The maximum absolute atomic E-state index is 7.50. The van der Waals surface area contributed by atoms with Gasteiger partial charge in [0.25, 0.3) is 0 Å². The molecule has 0 saturated carbocycles. The molecule has 4 nitrogen and oxygen atoms in total. The molecule has 6 heteroatoms. The SMILES string of the molecule is CC(C)(C)[C@H]1COC(c2ccccc2)=N1.[C-]#[O+].[C-]#[O+].[Cr].c1ccc(P(c2ccccc2)c2ccccc2)cc1. The molecule has 198 valence electrons. The summed E-state index contributed by atoms with van der Waals surface area (Å²) < 4.78 is 20.6. The Morgan fingerprint density at radius 2 is 0.974 bits per heavy atom. The van der Waals surface area contributed by atoms with Crippen molar-refractivity contribution in [3.8, 4) is 0 Å². The van der Waals surface area contributed by atoms with Gasteiger partial charge in [-0.2, -0.15) is 0 Å². The summed E-state index contributed by atoms with van der Waals surface area (Å²) >= 11 is 0. The van der Waals surface area contributed by atoms with Gasteiger partial charge in [-0.05, 0) is 41.4 Å². The molecule has 1 atom stereocenters. The maximum Gasteiger partial charge on any atom is 0 e. The fraction of sp³-hybridized carbons (Fsp3) is 0.182. The van der Waals surface area contributed by atoms with Gasteiger partial charge in [0, 0.05) is 22.9 Å². The van der Waals surface area contributed by atoms with Crippen LogP contribution in [0.25, 0.3) is 0 Å². The first kappa shape index (κ1) is 33.8. The van der Waals surface area contributed by atoms with Gasteiger partial charge in [0.2, 0.25) is 5.90 Å². The molecule has 0 unspecified atom stereocenters. The van der Waals surface area contributed by atoms with Crippen molar-refractivity contribution in [1.29, 1.82) is 0 Å². The smallest absolute Gasteiger partial charge is 0 e. The van der Waals surface area contributed by atoms with Crippen molar-refractivity contribution in [2.45, 2.75) is 26.8 Å². The fourth-order valence-electron chi connectivity index (χ4n) is 3.73. The zero-order valence-corrected chi connectivity index (χ0v) is 24.5. The number of hydrogen-bond acceptors (Lipinski definition) is 2. The van der Waals surface area contributed by atoms with E-state index in [1.165, 1.54) is 15.9 Å². The van der Waals surface area contributed by atoms with Crippen LogP contribution < -0.4 is 15.9 Å². The predicted molar refractivity (Wildman–Crippen MR) is 155 cm³/mol. The third kappa shape index (κ3) is 10.5. The average molecular weight is 574 g/mol. The van der Waals surface area contributed by atoms with Gasteiger partial charge in [-0.1, -0.05) is 130 Å². The van der Waals surface area contributed by atoms with Gasteiger partial charge >= 0.3 is 22.6 Å². The van der Waals surface area contributed by atoms with Crippen molar-refractivity contribution >= 4 is 29.7 Å². The average Bonchev–Trinajstić information content (AvgIpc) is 3.50. The van der Waals surface area contributed by atoms with Crippen LogP contribution in [0.3, 0.4) is 0 Å². The molecule has 4 aromatic carbocycles. The number of aliphatic imine (C=N–C) groups is 1. The first-order chi connectivity index (χ1) is 18.5. The molecular weight excluding hydrogens is 541 g/mol. The van der Waals surface area contributed by atoms with Crippen LogP contribution in [0.4, 0.5) is 0 Å². The second kappa shape index (κ2) is 18.1. The number of hydrogen-bond donors (Lipinski definition) is 0. The first-order valence-corrected chi connectivity index (χ1v) is 13.5. The van der Waals surface area contributed by atoms with Crippen LogP contribution in [0.2, 0.25) is 0 Å². The number of ether oxygens (including phenoxy) is 1. The van der Waals surface area contributed by atoms with Crippen molar-refractivity contribution in [1.82, 2.24) is 0 Å². The minimum absolute atomic E-state index is 0. The molecule has 0 aromatic heterocycles. The molecule has 4 aromatic rings. The molecule has 0 radical (unpaired) electrons. The van der Waals surface area contributed by atoms with Gasteiger partial charge in [0.15, 0.2) is 0 Å². The van der Waals surface area contributed by atoms with Crippen LogP contribution >= 0.6 is 7.92 Å². The van der Waals surface area contributed by atoms with Crippen molar-refractivity contribution in [2.24, 2.45) is 10.4 Å². The summed E-state index contributed by atoms with van der Waals surface area (Å²) in [5, 5.41) is 4.19. The van der Waals surface area contributed by atoms with E-state index in [9.17, 15) is 0 Å². The molecule has 1 heterocycles. The molecule has 1 aliphatic rings. The molecule has 39 heavy (non-hydrogen) atoms. The van der Waals surface area contributed by atoms with E-state index in [0.717, 1.165) is 11.5 Å². The molecule has 0 spiro atoms. The van der Waals surface area contributed by atoms with E-state index in [1.54, 1.807) is 0 Å². The van der Waals surface area contributed by atoms with Crippen LogP contribution in [0.1, 0.15) is 26.3 Å². The van der Waals surface area contributed by atoms with Crippen molar-refractivity contribution in [3.05, 3.63) is 140 Å². The maximum atomic E-state index is 7.50. The van der Waals surface area contributed by atoms with Crippen molar-refractivity contribution < 1.29 is 31.4 Å². The van der Waals surface area contributed by atoms with E-state index in [4.69, 9.17) is 14.0 Å². The molecule has 0 bridgehead atoms. The summed E-state index contributed by atoms with van der Waals surface area (Å²) in [6.07, 6.45) is 0. The topological polar surface area (TPSA) is 61.4 Å². The Balaban J connectivity index is 0.000000345. The fourth-order valence-corrected chi connectivity index (χ4v) is 6.04. The Kier molecular flexibility index (Phi) is 15.7. The Hall–Kier alpha value is -3.21. The Morgan fingerprint density at radius 1 is 0.641 bits per heavy atom. The van der Waals surface area contributed by atoms with Gasteiger partial charge in [-0.3, -0.25) is 0 Å². The quantitative estimate of drug-likeness (QED) is 0.162.